The van der Waals surface area contributed by atoms with E-state index in [4.69, 9.17) is 0 Å². The smallest absolute Gasteiger partial charge is 0.135 e. The lowest BCUT2D eigenvalue weighted by atomic mass is 9.98. The number of Topliss-reactive ketones (excluding diaryl/α,β-unsaturated/α-hetero) is 1. The number of aliphatic hydroxyl groups is 1. The maximum absolute atomic E-state index is 11.3. The van der Waals surface area contributed by atoms with Crippen LogP contribution >= 0.6 is 0 Å². The zero-order valence-electron chi connectivity index (χ0n) is 9.21. The molecule has 0 fully saturated rings. The van der Waals surface area contributed by atoms with Gasteiger partial charge in [-0.2, -0.15) is 0 Å². The molecule has 0 aliphatic carbocycles. The molecule has 2 nitrogen and oxygen atoms in total. The highest BCUT2D eigenvalue weighted by Gasteiger charge is 2.13. The van der Waals surface area contributed by atoms with Gasteiger partial charge in [-0.15, -0.1) is 0 Å². The monoisotopic (exact) mass is 186 g/mol. The summed E-state index contributed by atoms with van der Waals surface area (Å²) in [5.41, 5.74) is 0. The lowest BCUT2D eigenvalue weighted by Gasteiger charge is -2.12. The van der Waals surface area contributed by atoms with Crippen molar-refractivity contribution in [1.29, 1.82) is 0 Å². The number of carbonyl (C=O) groups excluding carboxylic acids is 1. The first-order valence-electron chi connectivity index (χ1n) is 5.11. The van der Waals surface area contributed by atoms with Gasteiger partial charge in [0, 0.05) is 12.8 Å². The molecule has 0 spiro atoms. The third-order valence-electron chi connectivity index (χ3n) is 1.84. The summed E-state index contributed by atoms with van der Waals surface area (Å²) in [6, 6.07) is 0. The average Bonchev–Trinajstić information content (AvgIpc) is 1.80. The molecule has 0 heterocycles. The first-order chi connectivity index (χ1) is 5.91. The molecule has 78 valence electrons. The van der Waals surface area contributed by atoms with Crippen molar-refractivity contribution in [2.45, 2.75) is 53.1 Å². The van der Waals surface area contributed by atoms with Crippen LogP contribution in [0.5, 0.6) is 0 Å². The van der Waals surface area contributed by atoms with Crippen molar-refractivity contribution >= 4 is 5.78 Å². The maximum atomic E-state index is 11.3. The van der Waals surface area contributed by atoms with Crippen LogP contribution in [0.2, 0.25) is 0 Å². The zero-order valence-corrected chi connectivity index (χ0v) is 9.21. The highest BCUT2D eigenvalue weighted by molar-refractivity contribution is 5.78. The van der Waals surface area contributed by atoms with E-state index in [0.717, 1.165) is 6.42 Å². The summed E-state index contributed by atoms with van der Waals surface area (Å²) in [6.07, 6.45) is 1.21. The molecule has 0 aromatic carbocycles. The molecule has 1 N–H and O–H groups in total. The van der Waals surface area contributed by atoms with E-state index in [9.17, 15) is 9.90 Å². The predicted octanol–water partition coefficient (Wildman–Crippen LogP) is 2.40. The Hall–Kier alpha value is -0.370. The summed E-state index contributed by atoms with van der Waals surface area (Å²) in [4.78, 5) is 11.3. The third-order valence-corrected chi connectivity index (χ3v) is 1.84. The number of rotatable bonds is 6. The lowest BCUT2D eigenvalue weighted by molar-refractivity contribution is -0.121. The Balaban J connectivity index is 3.65. The summed E-state index contributed by atoms with van der Waals surface area (Å²) in [5, 5.41) is 9.48. The van der Waals surface area contributed by atoms with Crippen LogP contribution in [0, 0.1) is 11.8 Å². The van der Waals surface area contributed by atoms with Gasteiger partial charge in [0.2, 0.25) is 0 Å². The Morgan fingerprint density at radius 1 is 1.08 bits per heavy atom. The van der Waals surface area contributed by atoms with Crippen molar-refractivity contribution in [2.24, 2.45) is 11.8 Å². The quantitative estimate of drug-likeness (QED) is 0.691. The number of hydrogen-bond donors (Lipinski definition) is 1. The SMILES string of the molecule is CC(C)CC(=O)C[C@H](O)CC(C)C. The minimum absolute atomic E-state index is 0.183. The number of hydrogen-bond acceptors (Lipinski definition) is 2. The molecule has 0 aromatic rings. The second kappa shape index (κ2) is 6.14. The minimum atomic E-state index is -0.439. The van der Waals surface area contributed by atoms with E-state index in [1.165, 1.54) is 0 Å². The van der Waals surface area contributed by atoms with Gasteiger partial charge in [0.1, 0.15) is 5.78 Å². The van der Waals surface area contributed by atoms with Crippen LogP contribution in [-0.2, 0) is 4.79 Å². The third kappa shape index (κ3) is 7.97. The molecule has 1 atom stereocenters. The largest absolute Gasteiger partial charge is 0.393 e. The first kappa shape index (κ1) is 12.6. The Bertz CT molecular complexity index is 150. The number of carbonyl (C=O) groups is 1. The van der Waals surface area contributed by atoms with Crippen molar-refractivity contribution in [3.8, 4) is 0 Å². The maximum Gasteiger partial charge on any atom is 0.135 e. The Morgan fingerprint density at radius 3 is 2.00 bits per heavy atom. The van der Waals surface area contributed by atoms with Gasteiger partial charge in [0.15, 0.2) is 0 Å². The van der Waals surface area contributed by atoms with Crippen molar-refractivity contribution in [1.82, 2.24) is 0 Å². The summed E-state index contributed by atoms with van der Waals surface area (Å²) >= 11 is 0. The molecule has 0 saturated heterocycles. The van der Waals surface area contributed by atoms with E-state index in [0.29, 0.717) is 24.7 Å². The zero-order chi connectivity index (χ0) is 10.4. The molecule has 2 heteroatoms. The molecular formula is C11H22O2. The van der Waals surface area contributed by atoms with Gasteiger partial charge in [0.25, 0.3) is 0 Å². The van der Waals surface area contributed by atoms with E-state index in [1.807, 2.05) is 13.8 Å². The van der Waals surface area contributed by atoms with E-state index in [2.05, 4.69) is 13.8 Å². The van der Waals surface area contributed by atoms with Crippen molar-refractivity contribution < 1.29 is 9.90 Å². The Morgan fingerprint density at radius 2 is 1.62 bits per heavy atom. The minimum Gasteiger partial charge on any atom is -0.393 e. The van der Waals surface area contributed by atoms with Gasteiger partial charge in [-0.3, -0.25) is 4.79 Å². The molecule has 0 amide bonds. The fourth-order valence-corrected chi connectivity index (χ4v) is 1.43. The van der Waals surface area contributed by atoms with E-state index >= 15 is 0 Å². The molecule has 0 aliphatic rings. The normalized spacial score (nSPS) is 13.8. The van der Waals surface area contributed by atoms with Crippen molar-refractivity contribution in [3.63, 3.8) is 0 Å². The van der Waals surface area contributed by atoms with Crippen molar-refractivity contribution in [2.75, 3.05) is 0 Å². The Kier molecular flexibility index (Phi) is 5.97. The van der Waals surface area contributed by atoms with Crippen LogP contribution in [0.1, 0.15) is 47.0 Å². The molecule has 0 saturated carbocycles. The molecule has 0 bridgehead atoms. The molecule has 13 heavy (non-hydrogen) atoms. The van der Waals surface area contributed by atoms with Gasteiger partial charge >= 0.3 is 0 Å². The van der Waals surface area contributed by atoms with E-state index < -0.39 is 6.10 Å². The summed E-state index contributed by atoms with van der Waals surface area (Å²) in [7, 11) is 0. The van der Waals surface area contributed by atoms with Crippen LogP contribution in [-0.4, -0.2) is 17.0 Å². The highest BCUT2D eigenvalue weighted by Crippen LogP contribution is 2.11. The highest BCUT2D eigenvalue weighted by atomic mass is 16.3. The molecule has 0 aliphatic heterocycles. The van der Waals surface area contributed by atoms with E-state index in [1.54, 1.807) is 0 Å². The second-order valence-corrected chi connectivity index (χ2v) is 4.62. The standard InChI is InChI=1S/C11H22O2/c1-8(2)5-10(12)7-11(13)6-9(3)4/h8-10,12H,5-7H2,1-4H3/t10-/m1/s1. The van der Waals surface area contributed by atoms with Gasteiger partial charge in [-0.05, 0) is 18.3 Å². The topological polar surface area (TPSA) is 37.3 Å². The van der Waals surface area contributed by atoms with Crippen molar-refractivity contribution in [3.05, 3.63) is 0 Å². The molecule has 0 radical (unpaired) electrons. The summed E-state index contributed by atoms with van der Waals surface area (Å²) in [5.74, 6) is 1.05. The van der Waals surface area contributed by atoms with Gasteiger partial charge in [-0.1, -0.05) is 27.7 Å². The molecule has 0 aromatic heterocycles. The molecule has 0 rings (SSSR count). The first-order valence-corrected chi connectivity index (χ1v) is 5.11. The second-order valence-electron chi connectivity index (χ2n) is 4.62. The summed E-state index contributed by atoms with van der Waals surface area (Å²) < 4.78 is 0. The van der Waals surface area contributed by atoms with Crippen LogP contribution in [0.4, 0.5) is 0 Å². The lowest BCUT2D eigenvalue weighted by Crippen LogP contribution is -2.16. The van der Waals surface area contributed by atoms with Crippen LogP contribution in [0.3, 0.4) is 0 Å². The van der Waals surface area contributed by atoms with Crippen LogP contribution in [0.25, 0.3) is 0 Å². The number of ketones is 1. The Labute approximate surface area is 81.3 Å². The van der Waals surface area contributed by atoms with Gasteiger partial charge in [-0.25, -0.2) is 0 Å². The fourth-order valence-electron chi connectivity index (χ4n) is 1.43. The van der Waals surface area contributed by atoms with E-state index in [-0.39, 0.29) is 5.78 Å². The van der Waals surface area contributed by atoms with Gasteiger partial charge in [0.05, 0.1) is 6.10 Å². The molecular weight excluding hydrogens is 164 g/mol. The molecule has 0 unspecified atom stereocenters. The predicted molar refractivity (Wildman–Crippen MR) is 54.5 cm³/mol. The number of aliphatic hydroxyl groups excluding tert-OH is 1. The average molecular weight is 186 g/mol. The van der Waals surface area contributed by atoms with Crippen LogP contribution < -0.4 is 0 Å². The summed E-state index contributed by atoms with van der Waals surface area (Å²) in [6.45, 7) is 8.14. The van der Waals surface area contributed by atoms with Gasteiger partial charge < -0.3 is 5.11 Å². The van der Waals surface area contributed by atoms with Crippen LogP contribution in [0.15, 0.2) is 0 Å². The fraction of sp³-hybridized carbons (Fsp3) is 0.909.